The summed E-state index contributed by atoms with van der Waals surface area (Å²) < 4.78 is 33.6. The van der Waals surface area contributed by atoms with Crippen LogP contribution in [0, 0.1) is 0 Å². The summed E-state index contributed by atoms with van der Waals surface area (Å²) in [7, 11) is -1.41. The lowest BCUT2D eigenvalue weighted by Gasteiger charge is -2.25. The Kier molecular flexibility index (Phi) is 4.69. The fraction of sp³-hybridized carbons (Fsp3) is 0.714. The summed E-state index contributed by atoms with van der Waals surface area (Å²) in [4.78, 5) is 16.1. The fourth-order valence-electron chi connectivity index (χ4n) is 2.90. The van der Waals surface area contributed by atoms with Gasteiger partial charge < -0.3 is 14.2 Å². The van der Waals surface area contributed by atoms with E-state index >= 15 is 0 Å². The molecule has 2 fully saturated rings. The lowest BCUT2D eigenvalue weighted by atomic mass is 10.2. The Morgan fingerprint density at radius 2 is 2.17 bits per heavy atom. The highest BCUT2D eigenvalue weighted by Crippen LogP contribution is 2.19. The molecular weight excluding hydrogens is 322 g/mol. The second kappa shape index (κ2) is 6.58. The number of sulfone groups is 1. The van der Waals surface area contributed by atoms with Crippen LogP contribution in [0.25, 0.3) is 0 Å². The highest BCUT2D eigenvalue weighted by molar-refractivity contribution is 7.91. The minimum atomic E-state index is -3.03. The van der Waals surface area contributed by atoms with E-state index < -0.39 is 9.84 Å². The van der Waals surface area contributed by atoms with Gasteiger partial charge in [-0.25, -0.2) is 8.42 Å². The standard InChI is InChI=1S/C14H21N3O5S/c1-16(11-2-7-23(19,20)10-11)14(18)13-8-12(22-15-13)9-17-3-5-21-6-4-17/h8,11H,2-7,9-10H2,1H3/t11-/m1/s1. The van der Waals surface area contributed by atoms with Crippen molar-refractivity contribution in [3.05, 3.63) is 17.5 Å². The number of nitrogens with zero attached hydrogens (tertiary/aromatic N) is 3. The zero-order valence-electron chi connectivity index (χ0n) is 13.1. The predicted octanol–water partition coefficient (Wildman–Crippen LogP) is -0.234. The monoisotopic (exact) mass is 343 g/mol. The first kappa shape index (κ1) is 16.4. The van der Waals surface area contributed by atoms with Crippen molar-refractivity contribution >= 4 is 15.7 Å². The molecule has 0 N–H and O–H groups in total. The molecule has 8 nitrogen and oxygen atoms in total. The van der Waals surface area contributed by atoms with Crippen molar-refractivity contribution in [2.75, 3.05) is 44.9 Å². The smallest absolute Gasteiger partial charge is 0.276 e. The van der Waals surface area contributed by atoms with Gasteiger partial charge in [0.25, 0.3) is 5.91 Å². The minimum absolute atomic E-state index is 0.0216. The molecule has 3 rings (SSSR count). The van der Waals surface area contributed by atoms with E-state index in [2.05, 4.69) is 10.1 Å². The number of rotatable bonds is 4. The second-order valence-corrected chi connectivity index (χ2v) is 8.27. The van der Waals surface area contributed by atoms with Crippen LogP contribution in [0.1, 0.15) is 22.7 Å². The van der Waals surface area contributed by atoms with Crippen LogP contribution < -0.4 is 0 Å². The van der Waals surface area contributed by atoms with Gasteiger partial charge in [0.2, 0.25) is 0 Å². The Morgan fingerprint density at radius 3 is 2.83 bits per heavy atom. The van der Waals surface area contributed by atoms with Crippen molar-refractivity contribution in [1.82, 2.24) is 15.0 Å². The van der Waals surface area contributed by atoms with Crippen molar-refractivity contribution < 1.29 is 22.5 Å². The lowest BCUT2D eigenvalue weighted by Crippen LogP contribution is -2.38. The van der Waals surface area contributed by atoms with Crippen LogP contribution in [0.15, 0.2) is 10.6 Å². The van der Waals surface area contributed by atoms with Gasteiger partial charge in [-0.15, -0.1) is 0 Å². The second-order valence-electron chi connectivity index (χ2n) is 6.04. The summed E-state index contributed by atoms with van der Waals surface area (Å²) in [6.07, 6.45) is 0.475. The Hall–Kier alpha value is -1.45. The Balaban J connectivity index is 1.61. The fourth-order valence-corrected chi connectivity index (χ4v) is 4.67. The Labute approximate surface area is 135 Å². The van der Waals surface area contributed by atoms with E-state index in [9.17, 15) is 13.2 Å². The van der Waals surface area contributed by atoms with E-state index in [-0.39, 0.29) is 29.1 Å². The first-order valence-corrected chi connectivity index (χ1v) is 9.50. The Bertz CT molecular complexity index is 666. The van der Waals surface area contributed by atoms with E-state index in [0.717, 1.165) is 13.1 Å². The molecule has 0 radical (unpaired) electrons. The van der Waals surface area contributed by atoms with Crippen molar-refractivity contribution in [3.8, 4) is 0 Å². The van der Waals surface area contributed by atoms with E-state index in [1.807, 2.05) is 0 Å². The number of carbonyl (C=O) groups is 1. The average Bonchev–Trinajstić information content (AvgIpc) is 3.13. The number of amides is 1. The molecule has 2 saturated heterocycles. The molecule has 0 bridgehead atoms. The maximum absolute atomic E-state index is 12.4. The number of hydrogen-bond donors (Lipinski definition) is 0. The molecule has 128 valence electrons. The molecule has 2 aliphatic rings. The first-order chi connectivity index (χ1) is 10.9. The number of aromatic nitrogens is 1. The molecule has 1 atom stereocenters. The van der Waals surface area contributed by atoms with Crippen molar-refractivity contribution in [2.24, 2.45) is 0 Å². The van der Waals surface area contributed by atoms with Gasteiger partial charge in [0.15, 0.2) is 21.3 Å². The van der Waals surface area contributed by atoms with Crippen LogP contribution in [0.4, 0.5) is 0 Å². The zero-order chi connectivity index (χ0) is 16.4. The van der Waals surface area contributed by atoms with Gasteiger partial charge in [0.05, 0.1) is 31.3 Å². The van der Waals surface area contributed by atoms with Crippen LogP contribution in [0.2, 0.25) is 0 Å². The van der Waals surface area contributed by atoms with E-state index in [1.54, 1.807) is 13.1 Å². The molecule has 0 unspecified atom stereocenters. The van der Waals surface area contributed by atoms with E-state index in [1.165, 1.54) is 4.90 Å². The summed E-state index contributed by atoms with van der Waals surface area (Å²) in [6, 6.07) is 1.35. The number of carbonyl (C=O) groups excluding carboxylic acids is 1. The van der Waals surface area contributed by atoms with Crippen molar-refractivity contribution in [3.63, 3.8) is 0 Å². The van der Waals surface area contributed by atoms with Gasteiger partial charge in [0.1, 0.15) is 0 Å². The summed E-state index contributed by atoms with van der Waals surface area (Å²) in [5, 5.41) is 3.84. The van der Waals surface area contributed by atoms with Gasteiger partial charge in [-0.1, -0.05) is 5.16 Å². The van der Waals surface area contributed by atoms with Gasteiger partial charge in [-0.05, 0) is 6.42 Å². The maximum Gasteiger partial charge on any atom is 0.276 e. The summed E-state index contributed by atoms with van der Waals surface area (Å²) in [6.45, 7) is 3.62. The maximum atomic E-state index is 12.4. The van der Waals surface area contributed by atoms with E-state index in [4.69, 9.17) is 9.26 Å². The van der Waals surface area contributed by atoms with Crippen LogP contribution >= 0.6 is 0 Å². The molecule has 23 heavy (non-hydrogen) atoms. The van der Waals surface area contributed by atoms with E-state index in [0.29, 0.717) is 31.9 Å². The van der Waals surface area contributed by atoms with Crippen LogP contribution in [0.3, 0.4) is 0 Å². The molecule has 9 heteroatoms. The summed E-state index contributed by atoms with van der Waals surface area (Å²) >= 11 is 0. The average molecular weight is 343 g/mol. The van der Waals surface area contributed by atoms with Crippen LogP contribution in [-0.4, -0.2) is 80.2 Å². The number of hydrogen-bond acceptors (Lipinski definition) is 7. The molecule has 1 aromatic rings. The van der Waals surface area contributed by atoms with Gasteiger partial charge >= 0.3 is 0 Å². The molecule has 0 aromatic carbocycles. The third-order valence-corrected chi connectivity index (χ3v) is 6.09. The number of ether oxygens (including phenoxy) is 1. The molecule has 0 aliphatic carbocycles. The summed E-state index contributed by atoms with van der Waals surface area (Å²) in [5.41, 5.74) is 0.222. The molecule has 0 saturated carbocycles. The van der Waals surface area contributed by atoms with Gasteiger partial charge in [0, 0.05) is 32.2 Å². The minimum Gasteiger partial charge on any atom is -0.379 e. The third-order valence-electron chi connectivity index (χ3n) is 4.34. The van der Waals surface area contributed by atoms with Crippen molar-refractivity contribution in [1.29, 1.82) is 0 Å². The molecule has 1 aromatic heterocycles. The van der Waals surface area contributed by atoms with Crippen molar-refractivity contribution in [2.45, 2.75) is 19.0 Å². The largest absolute Gasteiger partial charge is 0.379 e. The predicted molar refractivity (Wildman–Crippen MR) is 81.8 cm³/mol. The molecule has 3 heterocycles. The van der Waals surface area contributed by atoms with Gasteiger partial charge in [-0.2, -0.15) is 0 Å². The third kappa shape index (κ3) is 3.91. The highest BCUT2D eigenvalue weighted by Gasteiger charge is 2.34. The van der Waals surface area contributed by atoms with Crippen LogP contribution in [-0.2, 0) is 21.1 Å². The molecule has 2 aliphatic heterocycles. The summed E-state index contributed by atoms with van der Waals surface area (Å²) in [5.74, 6) is 0.483. The quantitative estimate of drug-likeness (QED) is 0.745. The normalized spacial score (nSPS) is 24.7. The lowest BCUT2D eigenvalue weighted by molar-refractivity contribution is 0.0305. The topological polar surface area (TPSA) is 92.9 Å². The molecule has 1 amide bonds. The first-order valence-electron chi connectivity index (χ1n) is 7.68. The molecule has 0 spiro atoms. The highest BCUT2D eigenvalue weighted by atomic mass is 32.2. The van der Waals surface area contributed by atoms with Crippen LogP contribution in [0.5, 0.6) is 0 Å². The van der Waals surface area contributed by atoms with Gasteiger partial charge in [-0.3, -0.25) is 9.69 Å². The number of morpholine rings is 1. The SMILES string of the molecule is CN(C(=O)c1cc(CN2CCOCC2)on1)[C@@H]1CCS(=O)(=O)C1. The Morgan fingerprint density at radius 1 is 1.43 bits per heavy atom. The molecular formula is C14H21N3O5S. The zero-order valence-corrected chi connectivity index (χ0v) is 13.9.